The van der Waals surface area contributed by atoms with Gasteiger partial charge in [-0.2, -0.15) is 0 Å². The standard InChI is InChI=1S/C17H17N3O.HI/c18-17(20-14-7-2-1-3-8-14)19-11-10-15-12-13-6-4-5-9-16(13)21-15;/h1-9,12H,10-11H2,(H3,18,19,20);1H. The zero-order chi connectivity index (χ0) is 14.5. The molecule has 3 rings (SSSR count). The van der Waals surface area contributed by atoms with Crippen LogP contribution < -0.4 is 11.1 Å². The van der Waals surface area contributed by atoms with Crippen molar-refractivity contribution in [2.75, 3.05) is 11.9 Å². The molecule has 0 aliphatic rings. The maximum atomic E-state index is 5.85. The van der Waals surface area contributed by atoms with E-state index in [1.807, 2.05) is 60.7 Å². The van der Waals surface area contributed by atoms with Gasteiger partial charge in [-0.1, -0.05) is 36.4 Å². The topological polar surface area (TPSA) is 63.5 Å². The molecule has 3 N–H and O–H groups in total. The van der Waals surface area contributed by atoms with Crippen LogP contribution in [0.4, 0.5) is 5.69 Å². The predicted octanol–water partition coefficient (Wildman–Crippen LogP) is 4.02. The number of nitrogens with two attached hydrogens (primary N) is 1. The van der Waals surface area contributed by atoms with E-state index in [0.29, 0.717) is 12.5 Å². The van der Waals surface area contributed by atoms with Gasteiger partial charge in [0.05, 0.1) is 0 Å². The maximum absolute atomic E-state index is 5.85. The van der Waals surface area contributed by atoms with Crippen molar-refractivity contribution in [2.24, 2.45) is 10.7 Å². The lowest BCUT2D eigenvalue weighted by Gasteiger charge is -2.04. The molecule has 0 bridgehead atoms. The first kappa shape index (κ1) is 16.4. The second-order valence-electron chi connectivity index (χ2n) is 4.76. The van der Waals surface area contributed by atoms with Crippen LogP contribution >= 0.6 is 24.0 Å². The summed E-state index contributed by atoms with van der Waals surface area (Å²) in [4.78, 5) is 4.31. The Hall–Kier alpha value is -2.02. The van der Waals surface area contributed by atoms with Crippen LogP contribution in [0.2, 0.25) is 0 Å². The first-order valence-electron chi connectivity index (χ1n) is 6.91. The van der Waals surface area contributed by atoms with Crippen molar-refractivity contribution in [3.05, 3.63) is 66.4 Å². The monoisotopic (exact) mass is 407 g/mol. The Kier molecular flexibility index (Phi) is 5.83. The van der Waals surface area contributed by atoms with E-state index >= 15 is 0 Å². The fraction of sp³-hybridized carbons (Fsp3) is 0.118. The third-order valence-corrected chi connectivity index (χ3v) is 3.16. The smallest absolute Gasteiger partial charge is 0.193 e. The van der Waals surface area contributed by atoms with Gasteiger partial charge >= 0.3 is 0 Å². The van der Waals surface area contributed by atoms with Crippen molar-refractivity contribution in [3.8, 4) is 0 Å². The lowest BCUT2D eigenvalue weighted by molar-refractivity contribution is 0.550. The summed E-state index contributed by atoms with van der Waals surface area (Å²) in [6.07, 6.45) is 0.728. The molecular weight excluding hydrogens is 389 g/mol. The molecular formula is C17H18IN3O. The first-order chi connectivity index (χ1) is 10.3. The maximum Gasteiger partial charge on any atom is 0.193 e. The molecule has 0 aliphatic heterocycles. The van der Waals surface area contributed by atoms with Gasteiger partial charge in [0, 0.05) is 24.0 Å². The van der Waals surface area contributed by atoms with Gasteiger partial charge in [0.15, 0.2) is 5.96 Å². The van der Waals surface area contributed by atoms with Crippen molar-refractivity contribution >= 4 is 46.6 Å². The van der Waals surface area contributed by atoms with Gasteiger partial charge < -0.3 is 15.5 Å². The highest BCUT2D eigenvalue weighted by Crippen LogP contribution is 2.18. The summed E-state index contributed by atoms with van der Waals surface area (Å²) in [5.41, 5.74) is 7.70. The quantitative estimate of drug-likeness (QED) is 0.390. The molecule has 1 heterocycles. The van der Waals surface area contributed by atoms with E-state index in [2.05, 4.69) is 10.3 Å². The second kappa shape index (κ2) is 7.84. The van der Waals surface area contributed by atoms with E-state index in [4.69, 9.17) is 10.2 Å². The average molecular weight is 407 g/mol. The largest absolute Gasteiger partial charge is 0.461 e. The number of halogens is 1. The van der Waals surface area contributed by atoms with Crippen LogP contribution in [-0.4, -0.2) is 12.5 Å². The molecule has 22 heavy (non-hydrogen) atoms. The average Bonchev–Trinajstić information content (AvgIpc) is 2.91. The van der Waals surface area contributed by atoms with Crippen molar-refractivity contribution in [3.63, 3.8) is 0 Å². The number of furan rings is 1. The first-order valence-corrected chi connectivity index (χ1v) is 6.91. The Morgan fingerprint density at radius 3 is 2.55 bits per heavy atom. The minimum absolute atomic E-state index is 0. The molecule has 0 aliphatic carbocycles. The Balaban J connectivity index is 0.00000176. The molecule has 5 heteroatoms. The van der Waals surface area contributed by atoms with Gasteiger partial charge in [-0.15, -0.1) is 24.0 Å². The van der Waals surface area contributed by atoms with Gasteiger partial charge in [-0.3, -0.25) is 4.99 Å². The Bertz CT molecular complexity index is 720. The lowest BCUT2D eigenvalue weighted by Crippen LogP contribution is -2.22. The van der Waals surface area contributed by atoms with Crippen molar-refractivity contribution < 1.29 is 4.42 Å². The Labute approximate surface area is 146 Å². The third-order valence-electron chi connectivity index (χ3n) is 3.16. The molecule has 4 nitrogen and oxygen atoms in total. The molecule has 114 valence electrons. The summed E-state index contributed by atoms with van der Waals surface area (Å²) in [6.45, 7) is 0.589. The number of hydrogen-bond acceptors (Lipinski definition) is 2. The van der Waals surface area contributed by atoms with E-state index in [1.54, 1.807) is 0 Å². The zero-order valence-corrected chi connectivity index (χ0v) is 14.4. The molecule has 0 saturated heterocycles. The number of anilines is 1. The van der Waals surface area contributed by atoms with Crippen LogP contribution in [-0.2, 0) is 6.42 Å². The number of hydrogen-bond donors (Lipinski definition) is 2. The summed E-state index contributed by atoms with van der Waals surface area (Å²) >= 11 is 0. The SMILES string of the molecule is I.NC(=NCCc1cc2ccccc2o1)Nc1ccccc1. The van der Waals surface area contributed by atoms with Crippen molar-refractivity contribution in [1.29, 1.82) is 0 Å². The molecule has 0 fully saturated rings. The number of para-hydroxylation sites is 2. The van der Waals surface area contributed by atoms with Crippen LogP contribution in [0, 0.1) is 0 Å². The Morgan fingerprint density at radius 2 is 1.77 bits per heavy atom. The van der Waals surface area contributed by atoms with Gasteiger partial charge in [0.2, 0.25) is 0 Å². The van der Waals surface area contributed by atoms with Gasteiger partial charge in [0.25, 0.3) is 0 Å². The van der Waals surface area contributed by atoms with Crippen LogP contribution in [0.5, 0.6) is 0 Å². The minimum atomic E-state index is 0. The normalized spacial score (nSPS) is 11.2. The summed E-state index contributed by atoms with van der Waals surface area (Å²) in [5, 5.41) is 4.17. The number of guanidine groups is 1. The molecule has 2 aromatic carbocycles. The number of benzene rings is 2. The highest BCUT2D eigenvalue weighted by molar-refractivity contribution is 14.0. The number of fused-ring (bicyclic) bond motifs is 1. The third kappa shape index (κ3) is 4.24. The van der Waals surface area contributed by atoms with Crippen molar-refractivity contribution in [1.82, 2.24) is 0 Å². The molecule has 0 amide bonds. The summed E-state index contributed by atoms with van der Waals surface area (Å²) in [6, 6.07) is 19.8. The number of aliphatic imine (C=N–C) groups is 1. The van der Waals surface area contributed by atoms with E-state index in [-0.39, 0.29) is 24.0 Å². The fourth-order valence-corrected chi connectivity index (χ4v) is 2.16. The second-order valence-corrected chi connectivity index (χ2v) is 4.76. The molecule has 1 aromatic heterocycles. The van der Waals surface area contributed by atoms with E-state index < -0.39 is 0 Å². The molecule has 0 spiro atoms. The Morgan fingerprint density at radius 1 is 1.05 bits per heavy atom. The molecule has 0 unspecified atom stereocenters. The van der Waals surface area contributed by atoms with Crippen LogP contribution in [0.15, 0.2) is 70.1 Å². The summed E-state index contributed by atoms with van der Waals surface area (Å²) in [5.74, 6) is 1.34. The number of nitrogens with one attached hydrogen (secondary N) is 1. The highest BCUT2D eigenvalue weighted by Gasteiger charge is 2.02. The predicted molar refractivity (Wildman–Crippen MR) is 102 cm³/mol. The van der Waals surface area contributed by atoms with Gasteiger partial charge in [-0.25, -0.2) is 0 Å². The highest BCUT2D eigenvalue weighted by atomic mass is 127. The number of rotatable bonds is 4. The molecule has 3 aromatic rings. The minimum Gasteiger partial charge on any atom is -0.461 e. The summed E-state index contributed by atoms with van der Waals surface area (Å²) in [7, 11) is 0. The van der Waals surface area contributed by atoms with Crippen LogP contribution in [0.25, 0.3) is 11.0 Å². The van der Waals surface area contributed by atoms with Gasteiger partial charge in [-0.05, 0) is 24.3 Å². The van der Waals surface area contributed by atoms with E-state index in [9.17, 15) is 0 Å². The molecule has 0 atom stereocenters. The summed E-state index contributed by atoms with van der Waals surface area (Å²) < 4.78 is 5.74. The zero-order valence-electron chi connectivity index (χ0n) is 12.0. The fourth-order valence-electron chi connectivity index (χ4n) is 2.16. The van der Waals surface area contributed by atoms with E-state index in [1.165, 1.54) is 0 Å². The molecule has 0 radical (unpaired) electrons. The van der Waals surface area contributed by atoms with Crippen LogP contribution in [0.3, 0.4) is 0 Å². The molecule has 0 saturated carbocycles. The van der Waals surface area contributed by atoms with Gasteiger partial charge in [0.1, 0.15) is 11.3 Å². The van der Waals surface area contributed by atoms with Crippen molar-refractivity contribution in [2.45, 2.75) is 6.42 Å². The van der Waals surface area contributed by atoms with Crippen LogP contribution in [0.1, 0.15) is 5.76 Å². The van der Waals surface area contributed by atoms with E-state index in [0.717, 1.165) is 28.8 Å². The lowest BCUT2D eigenvalue weighted by atomic mass is 10.2. The number of nitrogens with zero attached hydrogens (tertiary/aromatic N) is 1.